The third-order valence-corrected chi connectivity index (χ3v) is 6.93. The highest BCUT2D eigenvalue weighted by Crippen LogP contribution is 2.36. The molecule has 1 N–H and O–H groups in total. The minimum atomic E-state index is -0.482. The number of anilines is 1. The fourth-order valence-electron chi connectivity index (χ4n) is 3.96. The highest BCUT2D eigenvalue weighted by atomic mass is 35.5. The number of amides is 1. The number of nitrogens with zero attached hydrogens (tertiary/aromatic N) is 2. The molecule has 2 aromatic carbocycles. The van der Waals surface area contributed by atoms with Crippen molar-refractivity contribution in [1.82, 2.24) is 9.80 Å². The SMILES string of the molecule is COC(=O)c1c(-c2ccccc2)csc1NC(=O)CN1CCN(Cc2ccc(F)c(Cl)c2)CC1. The van der Waals surface area contributed by atoms with Crippen molar-refractivity contribution in [2.24, 2.45) is 0 Å². The van der Waals surface area contributed by atoms with Crippen molar-refractivity contribution in [1.29, 1.82) is 0 Å². The van der Waals surface area contributed by atoms with Gasteiger partial charge in [0.1, 0.15) is 16.4 Å². The van der Waals surface area contributed by atoms with E-state index in [1.54, 1.807) is 12.1 Å². The van der Waals surface area contributed by atoms with Gasteiger partial charge in [0, 0.05) is 43.7 Å². The summed E-state index contributed by atoms with van der Waals surface area (Å²) in [5.74, 6) is -1.08. The summed E-state index contributed by atoms with van der Waals surface area (Å²) in [7, 11) is 1.33. The lowest BCUT2D eigenvalue weighted by Gasteiger charge is -2.34. The standard InChI is InChI=1S/C25H25ClFN3O3S/c1-33-25(32)23-19(18-5-3-2-4-6-18)16-34-24(23)28-22(31)15-30-11-9-29(10-12-30)14-17-7-8-21(27)20(26)13-17/h2-8,13,16H,9-12,14-15H2,1H3,(H,28,31). The molecule has 1 aliphatic heterocycles. The van der Waals surface area contributed by atoms with E-state index in [1.807, 2.05) is 35.7 Å². The van der Waals surface area contributed by atoms with Gasteiger partial charge in [0.05, 0.1) is 18.7 Å². The molecule has 1 aliphatic rings. The first-order valence-corrected chi connectivity index (χ1v) is 12.1. The van der Waals surface area contributed by atoms with Crippen LogP contribution in [0.3, 0.4) is 0 Å². The Morgan fingerprint density at radius 1 is 1.09 bits per heavy atom. The summed E-state index contributed by atoms with van der Waals surface area (Å²) in [6.45, 7) is 3.94. The lowest BCUT2D eigenvalue weighted by atomic mass is 10.0. The van der Waals surface area contributed by atoms with Gasteiger partial charge < -0.3 is 10.1 Å². The van der Waals surface area contributed by atoms with Gasteiger partial charge in [-0.25, -0.2) is 9.18 Å². The Hall–Kier alpha value is -2.78. The fraction of sp³-hybridized carbons (Fsp3) is 0.280. The van der Waals surface area contributed by atoms with Gasteiger partial charge in [-0.15, -0.1) is 11.3 Å². The van der Waals surface area contributed by atoms with Crippen LogP contribution in [0.25, 0.3) is 11.1 Å². The largest absolute Gasteiger partial charge is 0.465 e. The molecule has 1 saturated heterocycles. The number of rotatable bonds is 7. The van der Waals surface area contributed by atoms with Gasteiger partial charge in [0.25, 0.3) is 0 Å². The molecule has 178 valence electrons. The maximum absolute atomic E-state index is 13.4. The molecule has 0 atom stereocenters. The van der Waals surface area contributed by atoms with Crippen molar-refractivity contribution < 1.29 is 18.7 Å². The van der Waals surface area contributed by atoms with Crippen molar-refractivity contribution in [3.8, 4) is 11.1 Å². The molecule has 34 heavy (non-hydrogen) atoms. The third kappa shape index (κ3) is 5.82. The number of hydrogen-bond acceptors (Lipinski definition) is 6. The van der Waals surface area contributed by atoms with Crippen LogP contribution in [0, 0.1) is 5.82 Å². The predicted molar refractivity (Wildman–Crippen MR) is 133 cm³/mol. The monoisotopic (exact) mass is 501 g/mol. The Morgan fingerprint density at radius 2 is 1.79 bits per heavy atom. The lowest BCUT2D eigenvalue weighted by molar-refractivity contribution is -0.117. The van der Waals surface area contributed by atoms with E-state index < -0.39 is 11.8 Å². The first-order valence-electron chi connectivity index (χ1n) is 10.9. The van der Waals surface area contributed by atoms with Crippen LogP contribution < -0.4 is 5.32 Å². The van der Waals surface area contributed by atoms with Gasteiger partial charge in [-0.3, -0.25) is 14.6 Å². The van der Waals surface area contributed by atoms with E-state index >= 15 is 0 Å². The number of nitrogens with one attached hydrogen (secondary N) is 1. The maximum atomic E-state index is 13.4. The molecule has 1 fully saturated rings. The molecule has 0 aliphatic carbocycles. The van der Waals surface area contributed by atoms with Crippen LogP contribution in [0.1, 0.15) is 15.9 Å². The summed E-state index contributed by atoms with van der Waals surface area (Å²) in [4.78, 5) is 29.6. The van der Waals surface area contributed by atoms with Crippen LogP contribution in [0.2, 0.25) is 5.02 Å². The zero-order valence-corrected chi connectivity index (χ0v) is 20.3. The van der Waals surface area contributed by atoms with Crippen LogP contribution in [0.4, 0.5) is 9.39 Å². The molecule has 0 spiro atoms. The molecular formula is C25H25ClFN3O3S. The van der Waals surface area contributed by atoms with Crippen LogP contribution >= 0.6 is 22.9 Å². The fourth-order valence-corrected chi connectivity index (χ4v) is 5.13. The second kappa shape index (κ2) is 11.1. The first kappa shape index (κ1) is 24.3. The molecule has 2 heterocycles. The van der Waals surface area contributed by atoms with E-state index in [0.717, 1.165) is 42.9 Å². The number of carbonyl (C=O) groups is 2. The average molecular weight is 502 g/mol. The van der Waals surface area contributed by atoms with Gasteiger partial charge >= 0.3 is 5.97 Å². The number of esters is 1. The molecule has 0 bridgehead atoms. The second-order valence-corrected chi connectivity index (χ2v) is 9.35. The van der Waals surface area contributed by atoms with E-state index in [9.17, 15) is 14.0 Å². The van der Waals surface area contributed by atoms with E-state index in [4.69, 9.17) is 16.3 Å². The molecular weight excluding hydrogens is 477 g/mol. The molecule has 0 saturated carbocycles. The quantitative estimate of drug-likeness (QED) is 0.473. The van der Waals surface area contributed by atoms with Crippen molar-refractivity contribution in [3.05, 3.63) is 75.9 Å². The summed E-state index contributed by atoms with van der Waals surface area (Å²) in [6.07, 6.45) is 0. The summed E-state index contributed by atoms with van der Waals surface area (Å²) < 4.78 is 18.3. The van der Waals surface area contributed by atoms with Gasteiger partial charge in [-0.1, -0.05) is 48.0 Å². The smallest absolute Gasteiger partial charge is 0.341 e. The van der Waals surface area contributed by atoms with Crippen molar-refractivity contribution in [2.75, 3.05) is 45.2 Å². The lowest BCUT2D eigenvalue weighted by Crippen LogP contribution is -2.48. The number of hydrogen-bond donors (Lipinski definition) is 1. The Labute approximate surface area is 206 Å². The predicted octanol–water partition coefficient (Wildman–Crippen LogP) is 4.75. The highest BCUT2D eigenvalue weighted by molar-refractivity contribution is 7.15. The number of benzene rings is 2. The zero-order valence-electron chi connectivity index (χ0n) is 18.7. The van der Waals surface area contributed by atoms with Crippen molar-refractivity contribution >= 4 is 39.8 Å². The summed E-state index contributed by atoms with van der Waals surface area (Å²) in [5.41, 5.74) is 2.95. The molecule has 6 nitrogen and oxygen atoms in total. The molecule has 0 radical (unpaired) electrons. The molecule has 1 amide bonds. The number of methoxy groups -OCH3 is 1. The first-order chi connectivity index (χ1) is 16.4. The minimum Gasteiger partial charge on any atom is -0.465 e. The van der Waals surface area contributed by atoms with Gasteiger partial charge in [0.2, 0.25) is 5.91 Å². The van der Waals surface area contributed by atoms with E-state index in [1.165, 1.54) is 24.5 Å². The molecule has 0 unspecified atom stereocenters. The maximum Gasteiger partial charge on any atom is 0.341 e. The summed E-state index contributed by atoms with van der Waals surface area (Å²) >= 11 is 7.19. The number of thiophene rings is 1. The van der Waals surface area contributed by atoms with Crippen molar-refractivity contribution in [2.45, 2.75) is 6.54 Å². The molecule has 1 aromatic heterocycles. The van der Waals surface area contributed by atoms with E-state index in [0.29, 0.717) is 17.1 Å². The second-order valence-electron chi connectivity index (χ2n) is 8.06. The molecule has 3 aromatic rings. The minimum absolute atomic E-state index is 0.128. The van der Waals surface area contributed by atoms with E-state index in [-0.39, 0.29) is 17.5 Å². The average Bonchev–Trinajstić information content (AvgIpc) is 3.26. The van der Waals surface area contributed by atoms with Crippen LogP contribution in [-0.2, 0) is 16.1 Å². The Morgan fingerprint density at radius 3 is 2.47 bits per heavy atom. The Kier molecular flexibility index (Phi) is 7.95. The Balaban J connectivity index is 1.34. The van der Waals surface area contributed by atoms with E-state index in [2.05, 4.69) is 15.1 Å². The number of ether oxygens (including phenoxy) is 1. The topological polar surface area (TPSA) is 61.9 Å². The number of halogens is 2. The third-order valence-electron chi connectivity index (χ3n) is 5.74. The van der Waals surface area contributed by atoms with Crippen LogP contribution in [0.15, 0.2) is 53.9 Å². The zero-order chi connectivity index (χ0) is 24.1. The Bertz CT molecular complexity index is 1160. The summed E-state index contributed by atoms with van der Waals surface area (Å²) in [5, 5.41) is 5.37. The molecule has 4 rings (SSSR count). The highest BCUT2D eigenvalue weighted by Gasteiger charge is 2.24. The molecule has 9 heteroatoms. The summed E-state index contributed by atoms with van der Waals surface area (Å²) in [6, 6.07) is 14.3. The van der Waals surface area contributed by atoms with Gasteiger partial charge in [-0.05, 0) is 23.3 Å². The van der Waals surface area contributed by atoms with Gasteiger partial charge in [0.15, 0.2) is 0 Å². The van der Waals surface area contributed by atoms with Crippen LogP contribution in [0.5, 0.6) is 0 Å². The van der Waals surface area contributed by atoms with Crippen molar-refractivity contribution in [3.63, 3.8) is 0 Å². The number of piperazine rings is 1. The normalized spacial score (nSPS) is 14.7. The number of carbonyl (C=O) groups excluding carboxylic acids is 2. The van der Waals surface area contributed by atoms with Crippen LogP contribution in [-0.4, -0.2) is 61.5 Å². The van der Waals surface area contributed by atoms with Gasteiger partial charge in [-0.2, -0.15) is 0 Å².